The quantitative estimate of drug-likeness (QED) is 0.104. The van der Waals surface area contributed by atoms with Gasteiger partial charge in [0.2, 0.25) is 5.91 Å². The van der Waals surface area contributed by atoms with Crippen molar-refractivity contribution in [1.82, 2.24) is 19.9 Å². The molecule has 0 bridgehead atoms. The molecule has 23 heteroatoms. The van der Waals surface area contributed by atoms with Crippen LogP contribution in [0.25, 0.3) is 10.2 Å². The predicted molar refractivity (Wildman–Crippen MR) is 211 cm³/mol. The Morgan fingerprint density at radius 1 is 0.898 bits per heavy atom. The number of nitrogens with two attached hydrogens (primary N) is 1. The van der Waals surface area contributed by atoms with E-state index in [0.717, 1.165) is 34.5 Å². The summed E-state index contributed by atoms with van der Waals surface area (Å²) < 4.78 is 81.6. The Balaban J connectivity index is 0.000000274. The molecule has 0 aliphatic heterocycles. The number of nitrogens with one attached hydrogen (secondary N) is 2. The van der Waals surface area contributed by atoms with Gasteiger partial charge in [0, 0.05) is 34.1 Å². The number of alkyl halides is 6. The van der Waals surface area contributed by atoms with Crippen molar-refractivity contribution in [2.45, 2.75) is 83.6 Å². The number of aliphatic hydroxyl groups excluding tert-OH is 1. The van der Waals surface area contributed by atoms with Crippen LogP contribution in [-0.4, -0.2) is 55.8 Å². The van der Waals surface area contributed by atoms with Gasteiger partial charge in [0.1, 0.15) is 20.8 Å². The number of aromatic nitrogens is 4. The average molecular weight is 911 g/mol. The summed E-state index contributed by atoms with van der Waals surface area (Å²) in [7, 11) is 0. The van der Waals surface area contributed by atoms with E-state index in [2.05, 4.69) is 30.6 Å². The molecule has 0 spiro atoms. The maximum absolute atomic E-state index is 13.7. The molecule has 5 heterocycles. The van der Waals surface area contributed by atoms with Crippen LogP contribution in [0.3, 0.4) is 0 Å². The first-order valence-corrected chi connectivity index (χ1v) is 21.0. The Morgan fingerprint density at radius 2 is 1.39 bits per heavy atom. The minimum Gasteiger partial charge on any atom is -0.855 e. The molecule has 0 radical (unpaired) electrons. The Labute approximate surface area is 373 Å². The molecule has 312 valence electrons. The second-order valence-electron chi connectivity index (χ2n) is 12.3. The third-order valence-corrected chi connectivity index (χ3v) is 11.8. The number of aryl methyl sites for hydroxylation is 4. The minimum atomic E-state index is -4.63. The summed E-state index contributed by atoms with van der Waals surface area (Å²) in [6, 6.07) is 1.63. The zero-order valence-electron chi connectivity index (χ0n) is 32.4. The maximum atomic E-state index is 13.7. The molecule has 59 heavy (non-hydrogen) atoms. The van der Waals surface area contributed by atoms with Crippen molar-refractivity contribution in [1.29, 1.82) is 5.26 Å². The first kappa shape index (κ1) is 50.0. The summed E-state index contributed by atoms with van der Waals surface area (Å²) in [5, 5.41) is 35.1. The van der Waals surface area contributed by atoms with Gasteiger partial charge in [0.05, 0.1) is 39.5 Å². The SMILES string of the molecule is CCO.CC[O-].Cc1csc(NC(=O)CSc2nc3c(c(C(F)(F)F)c2C#N)CCC3)n1.Cc1csc(NC(=O)c2sc3nc4c(c(C(F)(F)F)c3c2N)CCC4)n1.[Na+]. The van der Waals surface area contributed by atoms with Gasteiger partial charge in [0.25, 0.3) is 5.91 Å². The van der Waals surface area contributed by atoms with E-state index in [1.54, 1.807) is 44.5 Å². The number of carbonyl (C=O) groups is 2. The van der Waals surface area contributed by atoms with E-state index in [1.807, 2.05) is 0 Å². The summed E-state index contributed by atoms with van der Waals surface area (Å²) in [6.07, 6.45) is -6.42. The summed E-state index contributed by atoms with van der Waals surface area (Å²) in [4.78, 5) is 41.5. The zero-order chi connectivity index (χ0) is 42.9. The molecule has 0 unspecified atom stereocenters. The van der Waals surface area contributed by atoms with E-state index < -0.39 is 40.9 Å². The largest absolute Gasteiger partial charge is 1.00 e. The second kappa shape index (κ2) is 21.9. The molecular formula is C36H37F6N8NaO4S4. The second-order valence-corrected chi connectivity index (χ2v) is 16.0. The third-order valence-electron chi connectivity index (χ3n) is 8.02. The number of rotatable bonds is 6. The number of hydrogen-bond donors (Lipinski definition) is 4. The van der Waals surface area contributed by atoms with Crippen LogP contribution in [0.4, 0.5) is 42.3 Å². The molecule has 2 amide bonds. The number of nitrogens with zero attached hydrogens (tertiary/aromatic N) is 5. The van der Waals surface area contributed by atoms with Gasteiger partial charge in [0.15, 0.2) is 10.3 Å². The first-order chi connectivity index (χ1) is 27.4. The molecule has 5 N–H and O–H groups in total. The topological polar surface area (TPSA) is 203 Å². The summed E-state index contributed by atoms with van der Waals surface area (Å²) in [5.41, 5.74) is 6.31. The average Bonchev–Trinajstić information content (AvgIpc) is 3.99. The molecule has 2 aliphatic rings. The van der Waals surface area contributed by atoms with E-state index in [0.29, 0.717) is 53.8 Å². The fourth-order valence-electron chi connectivity index (χ4n) is 5.97. The number of anilines is 3. The molecule has 0 saturated heterocycles. The number of thioether (sulfide) groups is 1. The Hall–Kier alpha value is -3.40. The Kier molecular flexibility index (Phi) is 18.6. The van der Waals surface area contributed by atoms with E-state index in [1.165, 1.54) is 22.7 Å². The van der Waals surface area contributed by atoms with Gasteiger partial charge in [-0.1, -0.05) is 18.7 Å². The number of pyridine rings is 2. The standard InChI is InChI=1S/2C16H13F3N4OS2.C2H6O.C2H5O.Na/c1-6-5-25-15(21-6)23-13(24)12-11(20)9-10(16(17,18)19)7-3-2-4-8(7)22-14(9)26-12;1-8-6-26-15(21-8)23-12(24)7-25-14-10(5-20)13(16(17,18)19)9-3-2-4-11(9)22-14;2*1-2-3;/h5H,2-4,20H2,1H3,(H,21,23,24);6H,2-4,7H2,1H3,(H,21,23,24);3H,2H2,1H3;2H2,1H3;/q;;;-1;+1. The molecule has 0 atom stereocenters. The van der Waals surface area contributed by atoms with Crippen LogP contribution in [-0.2, 0) is 42.8 Å². The normalized spacial score (nSPS) is 12.7. The third kappa shape index (κ3) is 12.6. The van der Waals surface area contributed by atoms with Gasteiger partial charge in [-0.2, -0.15) is 31.6 Å². The first-order valence-electron chi connectivity index (χ1n) is 17.5. The number of hydrogen-bond acceptors (Lipinski definition) is 14. The number of nitrogen functional groups attached to an aromatic ring is 1. The van der Waals surface area contributed by atoms with Crippen molar-refractivity contribution in [3.8, 4) is 6.07 Å². The van der Waals surface area contributed by atoms with Gasteiger partial charge < -0.3 is 21.3 Å². The molecule has 0 aromatic carbocycles. The number of nitriles is 1. The van der Waals surface area contributed by atoms with Crippen molar-refractivity contribution < 1.29 is 75.7 Å². The van der Waals surface area contributed by atoms with E-state index in [4.69, 9.17) is 15.9 Å². The number of amides is 2. The van der Waals surface area contributed by atoms with Crippen LogP contribution in [0.5, 0.6) is 0 Å². The Morgan fingerprint density at radius 3 is 1.86 bits per heavy atom. The molecule has 5 aromatic heterocycles. The monoisotopic (exact) mass is 910 g/mol. The van der Waals surface area contributed by atoms with Gasteiger partial charge in [-0.15, -0.1) is 40.6 Å². The molecular weight excluding hydrogens is 874 g/mol. The number of carbonyl (C=O) groups excluding carboxylic acids is 2. The molecule has 2 aliphatic carbocycles. The number of thiazole rings is 2. The molecule has 12 nitrogen and oxygen atoms in total. The van der Waals surface area contributed by atoms with Crippen molar-refractivity contribution in [3.05, 3.63) is 66.2 Å². The van der Waals surface area contributed by atoms with E-state index >= 15 is 0 Å². The molecule has 0 saturated carbocycles. The summed E-state index contributed by atoms with van der Waals surface area (Å²) >= 11 is 4.21. The van der Waals surface area contributed by atoms with Crippen LogP contribution >= 0.6 is 45.8 Å². The summed E-state index contributed by atoms with van der Waals surface area (Å²) in [5.74, 6) is -1.15. The van der Waals surface area contributed by atoms with Crippen molar-refractivity contribution in [2.75, 3.05) is 35.3 Å². The van der Waals surface area contributed by atoms with Crippen LogP contribution < -0.4 is 51.0 Å². The van der Waals surface area contributed by atoms with E-state index in [9.17, 15) is 41.2 Å². The number of fused-ring (bicyclic) bond motifs is 3. The van der Waals surface area contributed by atoms with Crippen LogP contribution in [0, 0.1) is 25.2 Å². The number of thiophene rings is 1. The maximum Gasteiger partial charge on any atom is 1.00 e. The van der Waals surface area contributed by atoms with Gasteiger partial charge >= 0.3 is 41.9 Å². The predicted octanol–water partition coefficient (Wildman–Crippen LogP) is 4.73. The molecule has 0 fully saturated rings. The van der Waals surface area contributed by atoms with Crippen LogP contribution in [0.1, 0.15) is 87.0 Å². The Bertz CT molecular complexity index is 2310. The van der Waals surface area contributed by atoms with Gasteiger partial charge in [-0.3, -0.25) is 14.9 Å². The fraction of sp³-hybridized carbons (Fsp3) is 0.417. The fourth-order valence-corrected chi connectivity index (χ4v) is 9.18. The zero-order valence-corrected chi connectivity index (χ0v) is 37.7. The smallest absolute Gasteiger partial charge is 0.855 e. The van der Waals surface area contributed by atoms with Crippen LogP contribution in [0.2, 0.25) is 0 Å². The van der Waals surface area contributed by atoms with E-state index in [-0.39, 0.29) is 91.9 Å². The van der Waals surface area contributed by atoms with Crippen molar-refractivity contribution >= 4 is 83.8 Å². The van der Waals surface area contributed by atoms with Crippen molar-refractivity contribution in [3.63, 3.8) is 0 Å². The number of aliphatic hydroxyl groups is 1. The molecule has 7 rings (SSSR count). The van der Waals surface area contributed by atoms with Crippen molar-refractivity contribution in [2.24, 2.45) is 0 Å². The van der Waals surface area contributed by atoms with Crippen LogP contribution in [0.15, 0.2) is 15.8 Å². The molecule has 5 aromatic rings. The van der Waals surface area contributed by atoms with Gasteiger partial charge in [-0.25, -0.2) is 19.9 Å². The minimum absolute atomic E-state index is 0. The number of halogens is 6. The van der Waals surface area contributed by atoms with Gasteiger partial charge in [-0.05, 0) is 70.4 Å². The summed E-state index contributed by atoms with van der Waals surface area (Å²) in [6.45, 7) is 7.06.